The minimum Gasteiger partial charge on any atom is -0.496 e. The smallest absolute Gasteiger partial charge is 0.296 e. The number of thioether (sulfide) groups is 1. The van der Waals surface area contributed by atoms with Crippen LogP contribution in [0.15, 0.2) is 78.0 Å². The molecule has 0 saturated carbocycles. The van der Waals surface area contributed by atoms with Crippen molar-refractivity contribution in [1.82, 2.24) is 14.8 Å². The highest BCUT2D eigenvalue weighted by molar-refractivity contribution is 7.99. The van der Waals surface area contributed by atoms with Gasteiger partial charge in [0.25, 0.3) is 5.69 Å². The number of hydrogen-bond acceptors (Lipinski definition) is 7. The number of benzene rings is 3. The molecule has 9 nitrogen and oxygen atoms in total. The van der Waals surface area contributed by atoms with Crippen LogP contribution in [0.2, 0.25) is 0 Å². The summed E-state index contributed by atoms with van der Waals surface area (Å²) in [6, 6.07) is 20.0. The molecule has 0 aliphatic carbocycles. The number of methoxy groups -OCH3 is 1. The van der Waals surface area contributed by atoms with Crippen molar-refractivity contribution in [2.45, 2.75) is 11.7 Å². The van der Waals surface area contributed by atoms with Crippen LogP contribution < -0.4 is 10.1 Å². The van der Waals surface area contributed by atoms with Crippen molar-refractivity contribution < 1.29 is 18.8 Å². The molecule has 0 saturated heterocycles. The first kappa shape index (κ1) is 23.9. The fraction of sp³-hybridized carbons (Fsp3) is 0.125. The topological polar surface area (TPSA) is 112 Å². The van der Waals surface area contributed by atoms with E-state index in [2.05, 4.69) is 15.5 Å². The number of aromatic nitrogens is 3. The van der Waals surface area contributed by atoms with Crippen molar-refractivity contribution in [3.8, 4) is 17.1 Å². The van der Waals surface area contributed by atoms with Crippen molar-refractivity contribution in [3.63, 3.8) is 0 Å². The fourth-order valence-corrected chi connectivity index (χ4v) is 4.10. The molecule has 0 bridgehead atoms. The standard InChI is InChI=1S/C24H20FN5O4S/c1-34-17-11-12-20(21(13-17)30(32)33)26-22(31)15-35-24-28-27-23(18-9-5-6-10-19(18)25)29(24)14-16-7-3-2-4-8-16/h2-13H,14-15H2,1H3,(H,26,31). The Hall–Kier alpha value is -4.25. The second-order valence-corrected chi connectivity index (χ2v) is 8.28. The highest BCUT2D eigenvalue weighted by Crippen LogP contribution is 2.30. The summed E-state index contributed by atoms with van der Waals surface area (Å²) in [6.07, 6.45) is 0. The largest absolute Gasteiger partial charge is 0.496 e. The van der Waals surface area contributed by atoms with Gasteiger partial charge in [-0.15, -0.1) is 10.2 Å². The fourth-order valence-electron chi connectivity index (χ4n) is 3.36. The van der Waals surface area contributed by atoms with Crippen LogP contribution in [0.25, 0.3) is 11.4 Å². The Balaban J connectivity index is 1.56. The molecule has 1 N–H and O–H groups in total. The van der Waals surface area contributed by atoms with E-state index in [1.54, 1.807) is 22.8 Å². The molecule has 4 aromatic rings. The average Bonchev–Trinajstić information content (AvgIpc) is 3.25. The first-order valence-corrected chi connectivity index (χ1v) is 11.4. The number of nitro benzene ring substituents is 1. The van der Waals surface area contributed by atoms with Gasteiger partial charge < -0.3 is 10.1 Å². The highest BCUT2D eigenvalue weighted by Gasteiger charge is 2.20. The zero-order chi connectivity index (χ0) is 24.8. The molecule has 35 heavy (non-hydrogen) atoms. The van der Waals surface area contributed by atoms with Crippen molar-refractivity contribution in [2.75, 3.05) is 18.2 Å². The van der Waals surface area contributed by atoms with Gasteiger partial charge in [0.1, 0.15) is 17.3 Å². The van der Waals surface area contributed by atoms with Gasteiger partial charge in [-0.25, -0.2) is 4.39 Å². The quantitative estimate of drug-likeness (QED) is 0.203. The number of carbonyl (C=O) groups excluding carboxylic acids is 1. The van der Waals surface area contributed by atoms with E-state index in [4.69, 9.17) is 4.74 Å². The molecule has 0 fully saturated rings. The van der Waals surface area contributed by atoms with Gasteiger partial charge in [-0.05, 0) is 29.8 Å². The van der Waals surface area contributed by atoms with Crippen LogP contribution in [-0.2, 0) is 11.3 Å². The van der Waals surface area contributed by atoms with Crippen molar-refractivity contribution in [3.05, 3.63) is 94.3 Å². The summed E-state index contributed by atoms with van der Waals surface area (Å²) < 4.78 is 21.3. The second kappa shape index (κ2) is 10.8. The Morgan fingerprint density at radius 2 is 1.86 bits per heavy atom. The minimum atomic E-state index is -0.595. The number of amides is 1. The summed E-state index contributed by atoms with van der Waals surface area (Å²) in [5, 5.41) is 22.7. The summed E-state index contributed by atoms with van der Waals surface area (Å²) in [4.78, 5) is 23.4. The summed E-state index contributed by atoms with van der Waals surface area (Å²) >= 11 is 1.10. The lowest BCUT2D eigenvalue weighted by molar-refractivity contribution is -0.384. The lowest BCUT2D eigenvalue weighted by Gasteiger charge is -2.11. The third-order valence-corrected chi connectivity index (χ3v) is 5.99. The average molecular weight is 494 g/mol. The normalized spacial score (nSPS) is 10.7. The van der Waals surface area contributed by atoms with Gasteiger partial charge in [-0.1, -0.05) is 54.2 Å². The minimum absolute atomic E-state index is 0.0548. The van der Waals surface area contributed by atoms with E-state index in [0.717, 1.165) is 17.3 Å². The molecule has 0 unspecified atom stereocenters. The Morgan fingerprint density at radius 1 is 1.11 bits per heavy atom. The van der Waals surface area contributed by atoms with Crippen LogP contribution in [0, 0.1) is 15.9 Å². The molecule has 3 aromatic carbocycles. The molecule has 0 aliphatic rings. The Morgan fingerprint density at radius 3 is 2.57 bits per heavy atom. The summed E-state index contributed by atoms with van der Waals surface area (Å²) in [6.45, 7) is 0.366. The zero-order valence-electron chi connectivity index (χ0n) is 18.6. The number of halogens is 1. The number of ether oxygens (including phenoxy) is 1. The lowest BCUT2D eigenvalue weighted by atomic mass is 10.2. The molecule has 1 amide bonds. The van der Waals surface area contributed by atoms with E-state index in [0.29, 0.717) is 28.8 Å². The van der Waals surface area contributed by atoms with Crippen molar-refractivity contribution in [2.24, 2.45) is 0 Å². The van der Waals surface area contributed by atoms with E-state index in [1.165, 1.54) is 31.4 Å². The monoisotopic (exact) mass is 493 g/mol. The molecule has 0 radical (unpaired) electrons. The van der Waals surface area contributed by atoms with Crippen LogP contribution in [0.1, 0.15) is 5.56 Å². The Kier molecular flexibility index (Phi) is 7.36. The second-order valence-electron chi connectivity index (χ2n) is 7.33. The lowest BCUT2D eigenvalue weighted by Crippen LogP contribution is -2.16. The van der Waals surface area contributed by atoms with E-state index in [9.17, 15) is 19.3 Å². The molecule has 1 aromatic heterocycles. The van der Waals surface area contributed by atoms with Gasteiger partial charge in [-0.2, -0.15) is 0 Å². The number of rotatable bonds is 9. The third kappa shape index (κ3) is 5.64. The maximum atomic E-state index is 14.5. The summed E-state index contributed by atoms with van der Waals surface area (Å²) in [7, 11) is 1.40. The maximum absolute atomic E-state index is 14.5. The van der Waals surface area contributed by atoms with Gasteiger partial charge in [-0.3, -0.25) is 19.5 Å². The molecular formula is C24H20FN5O4S. The maximum Gasteiger partial charge on any atom is 0.296 e. The van der Waals surface area contributed by atoms with Gasteiger partial charge in [0.2, 0.25) is 5.91 Å². The summed E-state index contributed by atoms with van der Waals surface area (Å²) in [5.41, 5.74) is 1.02. The van der Waals surface area contributed by atoms with Crippen LogP contribution in [0.3, 0.4) is 0 Å². The molecule has 178 valence electrons. The number of anilines is 1. The number of nitro groups is 1. The van der Waals surface area contributed by atoms with Gasteiger partial charge in [0, 0.05) is 0 Å². The van der Waals surface area contributed by atoms with Gasteiger partial charge in [0.05, 0.1) is 36.0 Å². The molecular weight excluding hydrogens is 473 g/mol. The highest BCUT2D eigenvalue weighted by atomic mass is 32.2. The SMILES string of the molecule is COc1ccc(NC(=O)CSc2nnc(-c3ccccc3F)n2Cc2ccccc2)c([N+](=O)[O-])c1. The Labute approximate surface area is 204 Å². The molecule has 1 heterocycles. The van der Waals surface area contributed by atoms with E-state index in [-0.39, 0.29) is 17.1 Å². The third-order valence-electron chi connectivity index (χ3n) is 5.02. The van der Waals surface area contributed by atoms with Crippen molar-refractivity contribution >= 4 is 29.0 Å². The summed E-state index contributed by atoms with van der Waals surface area (Å²) in [5.74, 6) is -0.354. The first-order valence-electron chi connectivity index (χ1n) is 10.4. The predicted octanol–water partition coefficient (Wildman–Crippen LogP) is 4.78. The zero-order valence-corrected chi connectivity index (χ0v) is 19.4. The van der Waals surface area contributed by atoms with Crippen LogP contribution in [-0.4, -0.2) is 38.5 Å². The van der Waals surface area contributed by atoms with E-state index >= 15 is 0 Å². The molecule has 0 atom stereocenters. The van der Waals surface area contributed by atoms with Crippen molar-refractivity contribution in [1.29, 1.82) is 0 Å². The Bertz CT molecular complexity index is 1360. The van der Waals surface area contributed by atoms with Crippen LogP contribution in [0.5, 0.6) is 5.75 Å². The molecule has 4 rings (SSSR count). The number of hydrogen-bond donors (Lipinski definition) is 1. The van der Waals surface area contributed by atoms with Gasteiger partial charge >= 0.3 is 0 Å². The van der Waals surface area contributed by atoms with Gasteiger partial charge in [0.15, 0.2) is 11.0 Å². The number of carbonyl (C=O) groups is 1. The van der Waals surface area contributed by atoms with Crippen LogP contribution in [0.4, 0.5) is 15.8 Å². The van der Waals surface area contributed by atoms with Crippen LogP contribution >= 0.6 is 11.8 Å². The number of nitrogens with zero attached hydrogens (tertiary/aromatic N) is 4. The predicted molar refractivity (Wildman–Crippen MR) is 130 cm³/mol. The number of nitrogens with one attached hydrogen (secondary N) is 1. The van der Waals surface area contributed by atoms with E-state index in [1.807, 2.05) is 30.3 Å². The van der Waals surface area contributed by atoms with E-state index < -0.39 is 16.6 Å². The molecule has 0 aliphatic heterocycles. The first-order chi connectivity index (χ1) is 17.0. The molecule has 11 heteroatoms. The molecule has 0 spiro atoms.